The molecular weight excluding hydrogens is 552 g/mol. The highest BCUT2D eigenvalue weighted by Crippen LogP contribution is 2.57. The van der Waals surface area contributed by atoms with E-state index >= 15 is 4.39 Å². The molecule has 40 heavy (non-hydrogen) atoms. The zero-order valence-electron chi connectivity index (χ0n) is 23.5. The Kier molecular flexibility index (Phi) is 8.21. The second kappa shape index (κ2) is 11.2. The Morgan fingerprint density at radius 3 is 2.58 bits per heavy atom. The molecule has 3 N–H and O–H groups in total. The number of anilines is 1. The van der Waals surface area contributed by atoms with Crippen molar-refractivity contribution in [2.75, 3.05) is 51.6 Å². The molecule has 216 valence electrons. The molecule has 4 atom stereocenters. The number of piperazine rings is 1. The summed E-state index contributed by atoms with van der Waals surface area (Å²) in [7, 11) is 2.11. The van der Waals surface area contributed by atoms with Gasteiger partial charge >= 0.3 is 0 Å². The summed E-state index contributed by atoms with van der Waals surface area (Å²) in [6.45, 7) is 11.3. The first-order valence-electron chi connectivity index (χ1n) is 13.9. The number of fused-ring (bicyclic) bond motifs is 2. The lowest BCUT2D eigenvalue weighted by Crippen LogP contribution is -2.50. The molecule has 3 aliphatic heterocycles. The minimum absolute atomic E-state index is 0.0455. The topological polar surface area (TPSA) is 76.7 Å². The van der Waals surface area contributed by atoms with Gasteiger partial charge in [0.15, 0.2) is 0 Å². The highest BCUT2D eigenvalue weighted by molar-refractivity contribution is 6.31. The zero-order valence-corrected chi connectivity index (χ0v) is 25.0. The Morgan fingerprint density at radius 2 is 1.88 bits per heavy atom. The predicted molar refractivity (Wildman–Crippen MR) is 158 cm³/mol. The van der Waals surface area contributed by atoms with Crippen LogP contribution >= 0.6 is 23.2 Å². The molecule has 2 fully saturated rings. The molecule has 0 aliphatic carbocycles. The number of benzene rings is 2. The van der Waals surface area contributed by atoms with Crippen LogP contribution in [0.25, 0.3) is 0 Å². The number of hydrogen-bond donors (Lipinski definition) is 3. The van der Waals surface area contributed by atoms with Gasteiger partial charge in [-0.1, -0.05) is 62.2 Å². The third-order valence-electron chi connectivity index (χ3n) is 8.54. The van der Waals surface area contributed by atoms with E-state index in [0.29, 0.717) is 29.2 Å². The maximum absolute atomic E-state index is 15.8. The fourth-order valence-corrected chi connectivity index (χ4v) is 7.02. The van der Waals surface area contributed by atoms with Crippen LogP contribution in [0.1, 0.15) is 44.2 Å². The van der Waals surface area contributed by atoms with Gasteiger partial charge in [0, 0.05) is 61.9 Å². The maximum atomic E-state index is 15.8. The van der Waals surface area contributed by atoms with Crippen LogP contribution in [0.2, 0.25) is 10.0 Å². The van der Waals surface area contributed by atoms with Crippen molar-refractivity contribution in [2.24, 2.45) is 5.41 Å². The van der Waals surface area contributed by atoms with Crippen LogP contribution in [0.15, 0.2) is 36.4 Å². The molecule has 0 bridgehead atoms. The number of halogens is 3. The maximum Gasteiger partial charge on any atom is 0.237 e. The standard InChI is InChI=1S/C30H38Cl2FN5O2/c1-29(2,3)17-23-30(20-9-8-18(31)16-22(20)35-28(30)40)24(19-6-5-7-21(32)25(19)33)26(36-23)27(39)34-10-11-38-14-12-37(4)13-15-38/h5-9,16,23-24,26,36H,10-15,17H2,1-4H3,(H,34,39)(H,35,40). The molecule has 2 saturated heterocycles. The number of carbonyl (C=O) groups excluding carboxylic acids is 2. The summed E-state index contributed by atoms with van der Waals surface area (Å²) in [5.41, 5.74) is 0.0961. The van der Waals surface area contributed by atoms with Crippen molar-refractivity contribution >= 4 is 40.7 Å². The highest BCUT2D eigenvalue weighted by atomic mass is 35.5. The Hall–Kier alpha value is -2.23. The van der Waals surface area contributed by atoms with Gasteiger partial charge in [-0.3, -0.25) is 14.5 Å². The number of rotatable bonds is 6. The van der Waals surface area contributed by atoms with Crippen LogP contribution in [0.3, 0.4) is 0 Å². The number of carbonyl (C=O) groups is 2. The van der Waals surface area contributed by atoms with E-state index in [1.165, 1.54) is 6.07 Å². The molecule has 2 aromatic carbocycles. The van der Waals surface area contributed by atoms with Gasteiger partial charge in [0.05, 0.1) is 11.1 Å². The lowest BCUT2D eigenvalue weighted by molar-refractivity contribution is -0.124. The first kappa shape index (κ1) is 29.3. The molecule has 0 aromatic heterocycles. The Morgan fingerprint density at radius 1 is 1.15 bits per heavy atom. The third kappa shape index (κ3) is 5.37. The summed E-state index contributed by atoms with van der Waals surface area (Å²) >= 11 is 12.6. The third-order valence-corrected chi connectivity index (χ3v) is 9.07. The Balaban J connectivity index is 1.56. The fraction of sp³-hybridized carbons (Fsp3) is 0.533. The SMILES string of the molecule is CN1CCN(CCNC(=O)C2NC(CC(C)(C)C)C3(C(=O)Nc4cc(Cl)ccc43)C2c2cccc(Cl)c2F)CC1. The molecule has 5 rings (SSSR count). The highest BCUT2D eigenvalue weighted by Gasteiger charge is 2.66. The van der Waals surface area contributed by atoms with E-state index < -0.39 is 29.2 Å². The van der Waals surface area contributed by atoms with Crippen LogP contribution < -0.4 is 16.0 Å². The summed E-state index contributed by atoms with van der Waals surface area (Å²) in [6, 6.07) is 8.76. The molecule has 0 saturated carbocycles. The van der Waals surface area contributed by atoms with Gasteiger partial charge in [0.25, 0.3) is 0 Å². The van der Waals surface area contributed by atoms with Crippen molar-refractivity contribution in [2.45, 2.75) is 50.6 Å². The summed E-state index contributed by atoms with van der Waals surface area (Å²) < 4.78 is 15.8. The van der Waals surface area contributed by atoms with Gasteiger partial charge in [-0.25, -0.2) is 4.39 Å². The van der Waals surface area contributed by atoms with Crippen molar-refractivity contribution in [3.05, 3.63) is 63.4 Å². The average molecular weight is 591 g/mol. The van der Waals surface area contributed by atoms with E-state index in [4.69, 9.17) is 23.2 Å². The normalized spacial score (nSPS) is 27.2. The van der Waals surface area contributed by atoms with Crippen molar-refractivity contribution in [3.8, 4) is 0 Å². The second-order valence-corrected chi connectivity index (χ2v) is 13.4. The smallest absolute Gasteiger partial charge is 0.237 e. The first-order chi connectivity index (χ1) is 18.9. The van der Waals surface area contributed by atoms with Crippen LogP contribution in [0.4, 0.5) is 10.1 Å². The number of likely N-dealkylation sites (N-methyl/N-ethyl adjacent to an activating group) is 1. The molecule has 2 aromatic rings. The summed E-state index contributed by atoms with van der Waals surface area (Å²) in [5.74, 6) is -1.99. The van der Waals surface area contributed by atoms with E-state index in [2.05, 4.69) is 53.6 Å². The van der Waals surface area contributed by atoms with E-state index in [-0.39, 0.29) is 27.8 Å². The van der Waals surface area contributed by atoms with E-state index in [9.17, 15) is 9.59 Å². The molecule has 4 unspecified atom stereocenters. The van der Waals surface area contributed by atoms with Crippen molar-refractivity contribution < 1.29 is 14.0 Å². The van der Waals surface area contributed by atoms with Gasteiger partial charge in [-0.05, 0) is 48.2 Å². The van der Waals surface area contributed by atoms with Crippen molar-refractivity contribution in [1.82, 2.24) is 20.4 Å². The number of nitrogens with zero attached hydrogens (tertiary/aromatic N) is 2. The average Bonchev–Trinajstić information content (AvgIpc) is 3.35. The largest absolute Gasteiger partial charge is 0.353 e. The molecule has 3 aliphatic rings. The Labute approximate surface area is 245 Å². The molecule has 0 radical (unpaired) electrons. The minimum atomic E-state index is -1.25. The zero-order chi connectivity index (χ0) is 28.8. The lowest BCUT2D eigenvalue weighted by Gasteiger charge is -2.37. The summed E-state index contributed by atoms with van der Waals surface area (Å²) in [4.78, 5) is 32.7. The van der Waals surface area contributed by atoms with Crippen molar-refractivity contribution in [1.29, 1.82) is 0 Å². The number of hydrogen-bond acceptors (Lipinski definition) is 5. The predicted octanol–water partition coefficient (Wildman–Crippen LogP) is 4.25. The Bertz CT molecular complexity index is 1290. The molecule has 10 heteroatoms. The van der Waals surface area contributed by atoms with Gasteiger partial charge in [0.1, 0.15) is 11.2 Å². The van der Waals surface area contributed by atoms with Crippen LogP contribution in [-0.4, -0.2) is 80.0 Å². The summed E-state index contributed by atoms with van der Waals surface area (Å²) in [5, 5.41) is 10.1. The van der Waals surface area contributed by atoms with Crippen LogP contribution in [0, 0.1) is 11.2 Å². The fourth-order valence-electron chi connectivity index (χ4n) is 6.67. The summed E-state index contributed by atoms with van der Waals surface area (Å²) in [6.07, 6.45) is 0.576. The molecule has 3 heterocycles. The number of amides is 2. The van der Waals surface area contributed by atoms with Gasteiger partial charge in [-0.15, -0.1) is 0 Å². The first-order valence-corrected chi connectivity index (χ1v) is 14.7. The van der Waals surface area contributed by atoms with Gasteiger partial charge in [-0.2, -0.15) is 0 Å². The van der Waals surface area contributed by atoms with E-state index in [1.54, 1.807) is 24.3 Å². The quantitative estimate of drug-likeness (QED) is 0.470. The minimum Gasteiger partial charge on any atom is -0.353 e. The van der Waals surface area contributed by atoms with Gasteiger partial charge < -0.3 is 20.9 Å². The second-order valence-electron chi connectivity index (χ2n) is 12.5. The molecule has 2 amide bonds. The van der Waals surface area contributed by atoms with E-state index in [0.717, 1.165) is 32.7 Å². The monoisotopic (exact) mass is 589 g/mol. The number of nitrogens with one attached hydrogen (secondary N) is 3. The lowest BCUT2D eigenvalue weighted by atomic mass is 9.62. The molecular formula is C30H38Cl2FN5O2. The van der Waals surface area contributed by atoms with Crippen molar-refractivity contribution in [3.63, 3.8) is 0 Å². The molecule has 7 nitrogen and oxygen atoms in total. The molecule has 1 spiro atoms. The van der Waals surface area contributed by atoms with Gasteiger partial charge in [0.2, 0.25) is 11.8 Å². The van der Waals surface area contributed by atoms with Crippen LogP contribution in [0.5, 0.6) is 0 Å². The van der Waals surface area contributed by atoms with Crippen LogP contribution in [-0.2, 0) is 15.0 Å². The van der Waals surface area contributed by atoms with E-state index in [1.807, 2.05) is 6.07 Å².